The molecule has 0 saturated carbocycles. The molecule has 1 amide bonds. The highest BCUT2D eigenvalue weighted by atomic mass is 35.5. The number of anilines is 1. The van der Waals surface area contributed by atoms with Crippen LogP contribution in [0.1, 0.15) is 0 Å². The molecule has 6 nitrogen and oxygen atoms in total. The zero-order valence-corrected chi connectivity index (χ0v) is 15.0. The smallest absolute Gasteiger partial charge is 0.244 e. The Hall–Kier alpha value is -2.99. The molecule has 0 aliphatic heterocycles. The van der Waals surface area contributed by atoms with E-state index in [9.17, 15) is 9.59 Å². The molecule has 2 aromatic carbocycles. The third-order valence-corrected chi connectivity index (χ3v) is 4.24. The van der Waals surface area contributed by atoms with E-state index in [1.54, 1.807) is 41.1 Å². The maximum Gasteiger partial charge on any atom is 0.244 e. The number of benzene rings is 2. The summed E-state index contributed by atoms with van der Waals surface area (Å²) in [5.41, 5.74) is 1.06. The molecule has 0 spiro atoms. The number of aromatic nitrogens is 1. The van der Waals surface area contributed by atoms with E-state index in [0.29, 0.717) is 33.1 Å². The van der Waals surface area contributed by atoms with Crippen LogP contribution in [0.4, 0.5) is 5.69 Å². The zero-order chi connectivity index (χ0) is 18.7. The molecule has 0 radical (unpaired) electrons. The molecule has 1 aromatic heterocycles. The van der Waals surface area contributed by atoms with E-state index in [1.165, 1.54) is 20.3 Å². The fraction of sp³-hybridized carbons (Fsp3) is 0.158. The van der Waals surface area contributed by atoms with Crippen molar-refractivity contribution in [2.24, 2.45) is 0 Å². The molecule has 0 unspecified atom stereocenters. The number of rotatable bonds is 5. The van der Waals surface area contributed by atoms with Crippen molar-refractivity contribution in [3.05, 3.63) is 63.9 Å². The number of para-hydroxylation sites is 1. The number of nitrogens with one attached hydrogen (secondary N) is 1. The lowest BCUT2D eigenvalue weighted by Gasteiger charge is -2.14. The van der Waals surface area contributed by atoms with Crippen LogP contribution in [-0.4, -0.2) is 24.7 Å². The Morgan fingerprint density at radius 3 is 2.58 bits per heavy atom. The first kappa shape index (κ1) is 17.8. The Labute approximate surface area is 154 Å². The van der Waals surface area contributed by atoms with Crippen molar-refractivity contribution in [2.45, 2.75) is 6.54 Å². The number of ether oxygens (including phenoxy) is 2. The van der Waals surface area contributed by atoms with Crippen molar-refractivity contribution in [1.29, 1.82) is 0 Å². The van der Waals surface area contributed by atoms with Gasteiger partial charge in [-0.15, -0.1) is 0 Å². The molecule has 0 aliphatic carbocycles. The van der Waals surface area contributed by atoms with E-state index in [0.717, 1.165) is 0 Å². The number of carbonyl (C=O) groups excluding carboxylic acids is 1. The molecule has 1 N–H and O–H groups in total. The van der Waals surface area contributed by atoms with Crippen molar-refractivity contribution >= 4 is 34.1 Å². The van der Waals surface area contributed by atoms with Gasteiger partial charge in [0.05, 0.1) is 30.4 Å². The van der Waals surface area contributed by atoms with Crippen LogP contribution in [0.15, 0.2) is 53.5 Å². The fourth-order valence-electron chi connectivity index (χ4n) is 2.70. The second kappa shape index (κ2) is 7.49. The summed E-state index contributed by atoms with van der Waals surface area (Å²) in [6.45, 7) is 0.0366. The molecule has 0 saturated heterocycles. The van der Waals surface area contributed by atoms with Gasteiger partial charge in [-0.2, -0.15) is 0 Å². The molecule has 1 heterocycles. The zero-order valence-electron chi connectivity index (χ0n) is 14.3. The molecule has 0 fully saturated rings. The van der Waals surface area contributed by atoms with Crippen LogP contribution in [0.2, 0.25) is 5.02 Å². The van der Waals surface area contributed by atoms with Crippen molar-refractivity contribution < 1.29 is 14.3 Å². The molecule has 134 valence electrons. The van der Waals surface area contributed by atoms with Crippen LogP contribution < -0.4 is 20.2 Å². The molecule has 0 aliphatic rings. The highest BCUT2D eigenvalue weighted by Crippen LogP contribution is 2.35. The third kappa shape index (κ3) is 3.50. The monoisotopic (exact) mass is 372 g/mol. The average molecular weight is 373 g/mol. The Balaban J connectivity index is 1.89. The van der Waals surface area contributed by atoms with Gasteiger partial charge >= 0.3 is 0 Å². The quantitative estimate of drug-likeness (QED) is 0.746. The number of pyridine rings is 1. The minimum absolute atomic E-state index is 0.0366. The average Bonchev–Trinajstić information content (AvgIpc) is 2.65. The van der Waals surface area contributed by atoms with Gasteiger partial charge in [0.15, 0.2) is 5.43 Å². The predicted molar refractivity (Wildman–Crippen MR) is 101 cm³/mol. The number of halogens is 1. The Kier molecular flexibility index (Phi) is 5.14. The predicted octanol–water partition coefficient (Wildman–Crippen LogP) is 3.31. The summed E-state index contributed by atoms with van der Waals surface area (Å²) < 4.78 is 12.2. The second-order valence-corrected chi connectivity index (χ2v) is 5.97. The summed E-state index contributed by atoms with van der Waals surface area (Å²) in [6.07, 6.45) is 1.60. The van der Waals surface area contributed by atoms with Gasteiger partial charge < -0.3 is 19.4 Å². The van der Waals surface area contributed by atoms with Gasteiger partial charge in [-0.3, -0.25) is 9.59 Å². The normalized spacial score (nSPS) is 10.6. The first-order chi connectivity index (χ1) is 12.5. The molecular formula is C19H17ClN2O4. The molecule has 0 atom stereocenters. The number of carbonyl (C=O) groups is 1. The summed E-state index contributed by atoms with van der Waals surface area (Å²) in [4.78, 5) is 24.5. The molecule has 0 bridgehead atoms. The maximum absolute atomic E-state index is 12.5. The number of hydrogen-bond acceptors (Lipinski definition) is 4. The molecule has 7 heteroatoms. The van der Waals surface area contributed by atoms with Gasteiger partial charge in [0.25, 0.3) is 0 Å². The Morgan fingerprint density at radius 2 is 1.85 bits per heavy atom. The van der Waals surface area contributed by atoms with E-state index >= 15 is 0 Å². The van der Waals surface area contributed by atoms with Gasteiger partial charge in [0.1, 0.15) is 18.0 Å². The largest absolute Gasteiger partial charge is 0.495 e. The summed E-state index contributed by atoms with van der Waals surface area (Å²) >= 11 is 6.08. The van der Waals surface area contributed by atoms with E-state index in [1.807, 2.05) is 6.07 Å². The lowest BCUT2D eigenvalue weighted by Crippen LogP contribution is -2.20. The topological polar surface area (TPSA) is 69.6 Å². The highest BCUT2D eigenvalue weighted by Gasteiger charge is 2.13. The summed E-state index contributed by atoms with van der Waals surface area (Å²) in [6, 6.07) is 11.8. The van der Waals surface area contributed by atoms with Gasteiger partial charge in [0, 0.05) is 29.8 Å². The van der Waals surface area contributed by atoms with Gasteiger partial charge in [-0.1, -0.05) is 23.7 Å². The lowest BCUT2D eigenvalue weighted by molar-refractivity contribution is -0.116. The number of amides is 1. The number of hydrogen-bond donors (Lipinski definition) is 1. The van der Waals surface area contributed by atoms with Gasteiger partial charge in [-0.05, 0) is 12.1 Å². The third-order valence-electron chi connectivity index (χ3n) is 3.95. The van der Waals surface area contributed by atoms with E-state index in [-0.39, 0.29) is 17.9 Å². The first-order valence-electron chi connectivity index (χ1n) is 7.83. The van der Waals surface area contributed by atoms with Crippen molar-refractivity contribution in [2.75, 3.05) is 19.5 Å². The van der Waals surface area contributed by atoms with Crippen molar-refractivity contribution in [3.8, 4) is 11.5 Å². The molecule has 3 aromatic rings. The number of fused-ring (bicyclic) bond motifs is 1. The minimum atomic E-state index is -0.276. The molecular weight excluding hydrogens is 356 g/mol. The van der Waals surface area contributed by atoms with Crippen LogP contribution >= 0.6 is 11.6 Å². The molecule has 3 rings (SSSR count). The number of methoxy groups -OCH3 is 2. The van der Waals surface area contributed by atoms with Crippen LogP contribution in [-0.2, 0) is 11.3 Å². The van der Waals surface area contributed by atoms with Crippen LogP contribution in [0.25, 0.3) is 10.9 Å². The van der Waals surface area contributed by atoms with Crippen LogP contribution in [0, 0.1) is 0 Å². The Bertz CT molecular complexity index is 1030. The summed E-state index contributed by atoms with van der Waals surface area (Å²) in [5.74, 6) is 0.576. The minimum Gasteiger partial charge on any atom is -0.495 e. The Morgan fingerprint density at radius 1 is 1.12 bits per heavy atom. The summed E-state index contributed by atoms with van der Waals surface area (Å²) in [7, 11) is 2.98. The second-order valence-electron chi connectivity index (χ2n) is 5.56. The number of nitrogens with zero attached hydrogens (tertiary/aromatic N) is 1. The van der Waals surface area contributed by atoms with Crippen molar-refractivity contribution in [1.82, 2.24) is 4.57 Å². The van der Waals surface area contributed by atoms with E-state index in [4.69, 9.17) is 21.1 Å². The molecule has 26 heavy (non-hydrogen) atoms. The van der Waals surface area contributed by atoms with Crippen molar-refractivity contribution in [3.63, 3.8) is 0 Å². The highest BCUT2D eigenvalue weighted by molar-refractivity contribution is 6.32. The maximum atomic E-state index is 12.5. The van der Waals surface area contributed by atoms with Gasteiger partial charge in [-0.25, -0.2) is 0 Å². The van der Waals surface area contributed by atoms with Crippen LogP contribution in [0.3, 0.4) is 0 Å². The van der Waals surface area contributed by atoms with E-state index < -0.39 is 0 Å². The standard InChI is InChI=1S/C19H17ClN2O4/c1-25-17-10-14(18(26-2)9-13(17)20)21-19(24)11-22-8-7-16(23)12-5-3-4-6-15(12)22/h3-10H,11H2,1-2H3,(H,21,24). The SMILES string of the molecule is COc1cc(NC(=O)Cn2ccc(=O)c3ccccc32)c(OC)cc1Cl. The lowest BCUT2D eigenvalue weighted by atomic mass is 10.2. The summed E-state index contributed by atoms with van der Waals surface area (Å²) in [5, 5.41) is 3.74. The van der Waals surface area contributed by atoms with Crippen LogP contribution in [0.5, 0.6) is 11.5 Å². The first-order valence-corrected chi connectivity index (χ1v) is 8.21. The van der Waals surface area contributed by atoms with Gasteiger partial charge in [0.2, 0.25) is 5.91 Å². The van der Waals surface area contributed by atoms with E-state index in [2.05, 4.69) is 5.32 Å². The fourth-order valence-corrected chi connectivity index (χ4v) is 2.93.